The Bertz CT molecular complexity index is 896. The third-order valence-corrected chi connectivity index (χ3v) is 4.50. The molecule has 0 fully saturated rings. The van der Waals surface area contributed by atoms with Crippen LogP contribution in [0.15, 0.2) is 48.5 Å². The van der Waals surface area contributed by atoms with E-state index in [2.05, 4.69) is 0 Å². The highest BCUT2D eigenvalue weighted by molar-refractivity contribution is 7.60. The molecule has 3 aromatic carbocycles. The normalized spacial score (nSPS) is 12.2. The van der Waals surface area contributed by atoms with E-state index in [4.69, 9.17) is 4.74 Å². The SMILES string of the molecule is CC(C)Oc1c(P(=O)(O)O)ccc2c1ccc1ccccc12. The Hall–Kier alpha value is -1.87. The Morgan fingerprint density at radius 3 is 2.27 bits per heavy atom. The Morgan fingerprint density at radius 1 is 0.909 bits per heavy atom. The predicted octanol–water partition coefficient (Wildman–Crippen LogP) is 3.58. The molecule has 4 nitrogen and oxygen atoms in total. The molecule has 2 N–H and O–H groups in total. The maximum absolute atomic E-state index is 11.8. The summed E-state index contributed by atoms with van der Waals surface area (Å²) < 4.78 is 17.5. The van der Waals surface area contributed by atoms with Gasteiger partial charge < -0.3 is 14.5 Å². The van der Waals surface area contributed by atoms with Crippen LogP contribution in [0, 0.1) is 0 Å². The number of fused-ring (bicyclic) bond motifs is 3. The molecule has 0 aliphatic carbocycles. The molecule has 3 aromatic rings. The molecule has 0 saturated carbocycles. The van der Waals surface area contributed by atoms with Crippen molar-refractivity contribution in [3.05, 3.63) is 48.5 Å². The zero-order chi connectivity index (χ0) is 15.9. The van der Waals surface area contributed by atoms with Crippen molar-refractivity contribution in [2.75, 3.05) is 0 Å². The van der Waals surface area contributed by atoms with Crippen LogP contribution < -0.4 is 10.0 Å². The quantitative estimate of drug-likeness (QED) is 0.572. The highest BCUT2D eigenvalue weighted by Crippen LogP contribution is 2.42. The molecular formula is C17H17O4P. The van der Waals surface area contributed by atoms with Crippen LogP contribution in [0.2, 0.25) is 0 Å². The lowest BCUT2D eigenvalue weighted by Crippen LogP contribution is -2.15. The molecule has 22 heavy (non-hydrogen) atoms. The van der Waals surface area contributed by atoms with Crippen LogP contribution in [0.4, 0.5) is 0 Å². The van der Waals surface area contributed by atoms with Crippen LogP contribution in [-0.4, -0.2) is 15.9 Å². The van der Waals surface area contributed by atoms with Gasteiger partial charge in [-0.1, -0.05) is 36.4 Å². The topological polar surface area (TPSA) is 66.8 Å². The van der Waals surface area contributed by atoms with Crippen molar-refractivity contribution in [1.29, 1.82) is 0 Å². The lowest BCUT2D eigenvalue weighted by atomic mass is 10.0. The summed E-state index contributed by atoms with van der Waals surface area (Å²) in [4.78, 5) is 19.2. The van der Waals surface area contributed by atoms with E-state index < -0.39 is 7.60 Å². The third-order valence-electron chi connectivity index (χ3n) is 3.52. The second-order valence-corrected chi connectivity index (χ2v) is 7.08. The van der Waals surface area contributed by atoms with Gasteiger partial charge in [0, 0.05) is 5.39 Å². The average Bonchev–Trinajstić information content (AvgIpc) is 2.45. The van der Waals surface area contributed by atoms with E-state index in [-0.39, 0.29) is 17.2 Å². The Labute approximate surface area is 128 Å². The first kappa shape index (κ1) is 15.0. The first-order chi connectivity index (χ1) is 10.4. The summed E-state index contributed by atoms with van der Waals surface area (Å²) in [7, 11) is -4.40. The van der Waals surface area contributed by atoms with E-state index in [1.165, 1.54) is 6.07 Å². The molecule has 0 aliphatic heterocycles. The summed E-state index contributed by atoms with van der Waals surface area (Å²) in [6, 6.07) is 14.9. The van der Waals surface area contributed by atoms with E-state index in [0.717, 1.165) is 16.2 Å². The van der Waals surface area contributed by atoms with Crippen LogP contribution in [0.25, 0.3) is 21.5 Å². The van der Waals surface area contributed by atoms with Crippen LogP contribution in [0.5, 0.6) is 5.75 Å². The summed E-state index contributed by atoms with van der Waals surface area (Å²) in [6.07, 6.45) is -0.178. The van der Waals surface area contributed by atoms with Crippen LogP contribution in [-0.2, 0) is 4.57 Å². The van der Waals surface area contributed by atoms with Crippen molar-refractivity contribution < 1.29 is 19.1 Å². The molecule has 0 aromatic heterocycles. The molecule has 0 amide bonds. The fraction of sp³-hybridized carbons (Fsp3) is 0.176. The van der Waals surface area contributed by atoms with Gasteiger partial charge in [0.2, 0.25) is 0 Å². The number of benzene rings is 3. The van der Waals surface area contributed by atoms with Crippen LogP contribution in [0.3, 0.4) is 0 Å². The minimum absolute atomic E-state index is 0.0658. The smallest absolute Gasteiger partial charge is 0.359 e. The molecule has 0 heterocycles. The average molecular weight is 316 g/mol. The van der Waals surface area contributed by atoms with Gasteiger partial charge in [0.25, 0.3) is 0 Å². The highest BCUT2D eigenvalue weighted by atomic mass is 31.2. The Balaban J connectivity index is 2.41. The molecular weight excluding hydrogens is 299 g/mol. The molecule has 5 heteroatoms. The maximum atomic E-state index is 11.8. The van der Waals surface area contributed by atoms with Crippen molar-refractivity contribution in [1.82, 2.24) is 0 Å². The summed E-state index contributed by atoms with van der Waals surface area (Å²) >= 11 is 0. The molecule has 0 unspecified atom stereocenters. The fourth-order valence-corrected chi connectivity index (χ4v) is 3.34. The van der Waals surface area contributed by atoms with Crippen LogP contribution in [0.1, 0.15) is 13.8 Å². The van der Waals surface area contributed by atoms with Gasteiger partial charge in [0.15, 0.2) is 0 Å². The zero-order valence-electron chi connectivity index (χ0n) is 12.4. The van der Waals surface area contributed by atoms with E-state index >= 15 is 0 Å². The molecule has 0 atom stereocenters. The van der Waals surface area contributed by atoms with Crippen molar-refractivity contribution in [2.45, 2.75) is 20.0 Å². The number of ether oxygens (including phenoxy) is 1. The number of hydrogen-bond donors (Lipinski definition) is 2. The minimum atomic E-state index is -4.40. The van der Waals surface area contributed by atoms with Gasteiger partial charge in [-0.25, -0.2) is 0 Å². The predicted molar refractivity (Wildman–Crippen MR) is 88.9 cm³/mol. The second-order valence-electron chi connectivity index (χ2n) is 5.51. The fourth-order valence-electron chi connectivity index (χ4n) is 2.64. The van der Waals surface area contributed by atoms with Gasteiger partial charge >= 0.3 is 7.60 Å². The lowest BCUT2D eigenvalue weighted by Gasteiger charge is -2.18. The first-order valence-corrected chi connectivity index (χ1v) is 8.66. The van der Waals surface area contributed by atoms with Gasteiger partial charge in [-0.15, -0.1) is 0 Å². The van der Waals surface area contributed by atoms with Gasteiger partial charge in [-0.2, -0.15) is 0 Å². The second kappa shape index (κ2) is 5.40. The molecule has 0 bridgehead atoms. The molecule has 0 radical (unpaired) electrons. The van der Waals surface area contributed by atoms with Crippen molar-refractivity contribution >= 4 is 34.4 Å². The third kappa shape index (κ3) is 2.61. The van der Waals surface area contributed by atoms with Crippen molar-refractivity contribution in [2.24, 2.45) is 0 Å². The lowest BCUT2D eigenvalue weighted by molar-refractivity contribution is 0.246. The summed E-state index contributed by atoms with van der Waals surface area (Å²) in [6.45, 7) is 3.67. The molecule has 0 aliphatic rings. The molecule has 3 rings (SSSR count). The largest absolute Gasteiger partial charge is 0.489 e. The molecule has 114 valence electrons. The maximum Gasteiger partial charge on any atom is 0.359 e. The van der Waals surface area contributed by atoms with Gasteiger partial charge in [0.1, 0.15) is 11.1 Å². The Morgan fingerprint density at radius 2 is 1.59 bits per heavy atom. The summed E-state index contributed by atoms with van der Waals surface area (Å²) in [5.41, 5.74) is 0. The number of hydrogen-bond acceptors (Lipinski definition) is 2. The minimum Gasteiger partial charge on any atom is -0.489 e. The monoisotopic (exact) mass is 316 g/mol. The van der Waals surface area contributed by atoms with Gasteiger partial charge in [-0.3, -0.25) is 4.57 Å². The van der Waals surface area contributed by atoms with E-state index in [1.54, 1.807) is 6.07 Å². The Kier molecular flexibility index (Phi) is 3.69. The van der Waals surface area contributed by atoms with E-state index in [1.807, 2.05) is 50.2 Å². The standard InChI is InChI=1S/C17H17O4P/c1-11(2)21-17-15-8-7-12-5-3-4-6-13(12)14(15)9-10-16(17)22(18,19)20/h3-11H,1-2H3,(H2,18,19,20). The van der Waals surface area contributed by atoms with Gasteiger partial charge in [0.05, 0.1) is 6.10 Å². The summed E-state index contributed by atoms with van der Waals surface area (Å²) in [5.74, 6) is 0.270. The van der Waals surface area contributed by atoms with Gasteiger partial charge in [-0.05, 0) is 42.1 Å². The van der Waals surface area contributed by atoms with Crippen molar-refractivity contribution in [3.63, 3.8) is 0 Å². The first-order valence-electron chi connectivity index (χ1n) is 7.05. The van der Waals surface area contributed by atoms with Crippen molar-refractivity contribution in [3.8, 4) is 5.75 Å². The van der Waals surface area contributed by atoms with E-state index in [9.17, 15) is 14.4 Å². The summed E-state index contributed by atoms with van der Waals surface area (Å²) in [5, 5.41) is 3.68. The molecule has 0 spiro atoms. The number of rotatable bonds is 3. The molecule has 0 saturated heterocycles. The van der Waals surface area contributed by atoms with Crippen LogP contribution >= 0.6 is 7.60 Å². The zero-order valence-corrected chi connectivity index (χ0v) is 13.2. The van der Waals surface area contributed by atoms with E-state index in [0.29, 0.717) is 5.39 Å². The highest BCUT2D eigenvalue weighted by Gasteiger charge is 2.25.